The molecule has 0 saturated heterocycles. The Labute approximate surface area is 127 Å². The van der Waals surface area contributed by atoms with Gasteiger partial charge in [0.15, 0.2) is 0 Å². The molecule has 0 radical (unpaired) electrons. The highest BCUT2D eigenvalue weighted by molar-refractivity contribution is 7.84. The van der Waals surface area contributed by atoms with Gasteiger partial charge in [-0.25, -0.2) is 4.98 Å². The Morgan fingerprint density at radius 2 is 2.10 bits per heavy atom. The lowest BCUT2D eigenvalue weighted by atomic mass is 10.2. The molecule has 0 amide bonds. The molecular formula is C15H21ClN2OS. The van der Waals surface area contributed by atoms with Crippen LogP contribution in [-0.4, -0.2) is 25.3 Å². The summed E-state index contributed by atoms with van der Waals surface area (Å²) in [6.07, 6.45) is 2.62. The Hall–Kier alpha value is -0.870. The van der Waals surface area contributed by atoms with E-state index in [1.54, 1.807) is 6.26 Å². The number of benzene rings is 1. The number of para-hydroxylation sites is 1. The molecule has 0 bridgehead atoms. The first-order chi connectivity index (χ1) is 9.41. The fourth-order valence-corrected chi connectivity index (χ4v) is 2.99. The minimum Gasteiger partial charge on any atom is -0.326 e. The van der Waals surface area contributed by atoms with Crippen molar-refractivity contribution in [2.45, 2.75) is 44.4 Å². The molecule has 110 valence electrons. The van der Waals surface area contributed by atoms with Crippen LogP contribution < -0.4 is 0 Å². The Morgan fingerprint density at radius 3 is 2.70 bits per heavy atom. The van der Waals surface area contributed by atoms with Gasteiger partial charge >= 0.3 is 0 Å². The third-order valence-corrected chi connectivity index (χ3v) is 5.24. The lowest BCUT2D eigenvalue weighted by Gasteiger charge is -2.14. The van der Waals surface area contributed by atoms with Crippen LogP contribution >= 0.6 is 11.6 Å². The van der Waals surface area contributed by atoms with Crippen LogP contribution in [0.5, 0.6) is 0 Å². The van der Waals surface area contributed by atoms with Gasteiger partial charge in [-0.2, -0.15) is 0 Å². The largest absolute Gasteiger partial charge is 0.326 e. The van der Waals surface area contributed by atoms with Crippen molar-refractivity contribution in [1.29, 1.82) is 0 Å². The first-order valence-electron chi connectivity index (χ1n) is 6.84. The molecule has 20 heavy (non-hydrogen) atoms. The van der Waals surface area contributed by atoms with Gasteiger partial charge in [-0.05, 0) is 31.9 Å². The van der Waals surface area contributed by atoms with Crippen LogP contribution in [0.4, 0.5) is 0 Å². The Balaban J connectivity index is 2.43. The average Bonchev–Trinajstić information content (AvgIpc) is 2.76. The minimum absolute atomic E-state index is 0.135. The number of aryl methyl sites for hydroxylation is 2. The second-order valence-corrected chi connectivity index (χ2v) is 7.73. The molecule has 0 aliphatic heterocycles. The maximum Gasteiger partial charge on any atom is 0.127 e. The summed E-state index contributed by atoms with van der Waals surface area (Å²) < 4.78 is 13.7. The first-order valence-corrected chi connectivity index (χ1v) is 8.89. The second kappa shape index (κ2) is 6.27. The van der Waals surface area contributed by atoms with Crippen LogP contribution in [-0.2, 0) is 17.3 Å². The van der Waals surface area contributed by atoms with Gasteiger partial charge in [0.1, 0.15) is 5.82 Å². The van der Waals surface area contributed by atoms with E-state index in [2.05, 4.69) is 22.5 Å². The van der Waals surface area contributed by atoms with Crippen molar-refractivity contribution in [3.8, 4) is 0 Å². The van der Waals surface area contributed by atoms with E-state index in [-0.39, 0.29) is 10.6 Å². The Morgan fingerprint density at radius 1 is 1.40 bits per heavy atom. The summed E-state index contributed by atoms with van der Waals surface area (Å²) in [7, 11) is -0.795. The van der Waals surface area contributed by atoms with E-state index in [9.17, 15) is 4.21 Å². The van der Waals surface area contributed by atoms with Crippen molar-refractivity contribution in [3.63, 3.8) is 0 Å². The molecule has 0 aliphatic carbocycles. The molecule has 0 spiro atoms. The zero-order valence-electron chi connectivity index (χ0n) is 12.4. The summed E-state index contributed by atoms with van der Waals surface area (Å²) in [6, 6.07) is 6.12. The van der Waals surface area contributed by atoms with E-state index in [1.807, 2.05) is 26.0 Å². The fraction of sp³-hybridized carbons (Fsp3) is 0.533. The topological polar surface area (TPSA) is 34.9 Å². The predicted octanol–water partition coefficient (Wildman–Crippen LogP) is 3.80. The summed E-state index contributed by atoms with van der Waals surface area (Å²) in [5, 5.41) is 0.0409. The molecule has 5 heteroatoms. The van der Waals surface area contributed by atoms with Crippen LogP contribution in [0.3, 0.4) is 0 Å². The number of halogens is 1. The third kappa shape index (κ3) is 3.07. The monoisotopic (exact) mass is 312 g/mol. The van der Waals surface area contributed by atoms with Crippen molar-refractivity contribution < 1.29 is 4.21 Å². The third-order valence-electron chi connectivity index (χ3n) is 3.68. The van der Waals surface area contributed by atoms with Crippen molar-refractivity contribution in [2.24, 2.45) is 0 Å². The molecule has 2 rings (SSSR count). The van der Waals surface area contributed by atoms with E-state index in [4.69, 9.17) is 11.6 Å². The van der Waals surface area contributed by atoms with Gasteiger partial charge < -0.3 is 4.57 Å². The van der Waals surface area contributed by atoms with Gasteiger partial charge in [-0.3, -0.25) is 4.21 Å². The maximum absolute atomic E-state index is 11.5. The standard InChI is InChI=1S/C15H21ClN2OS/c1-10-6-5-7-13-14(10)18(15(17-13)12(3)16)9-8-11(2)20(4)19/h5-7,11-12H,8-9H2,1-4H3. The Kier molecular flexibility index (Phi) is 4.86. The van der Waals surface area contributed by atoms with Gasteiger partial charge in [-0.1, -0.05) is 19.1 Å². The number of hydrogen-bond donors (Lipinski definition) is 0. The lowest BCUT2D eigenvalue weighted by molar-refractivity contribution is 0.607. The number of alkyl halides is 1. The molecule has 1 heterocycles. The van der Waals surface area contributed by atoms with Crippen molar-refractivity contribution in [3.05, 3.63) is 29.6 Å². The molecular weight excluding hydrogens is 292 g/mol. The van der Waals surface area contributed by atoms with Crippen LogP contribution in [0.25, 0.3) is 11.0 Å². The Bertz CT molecular complexity index is 636. The fourth-order valence-electron chi connectivity index (χ4n) is 2.39. The van der Waals surface area contributed by atoms with E-state index < -0.39 is 10.8 Å². The molecule has 0 fully saturated rings. The van der Waals surface area contributed by atoms with Gasteiger partial charge in [0.05, 0.1) is 16.4 Å². The van der Waals surface area contributed by atoms with E-state index in [1.165, 1.54) is 5.56 Å². The highest BCUT2D eigenvalue weighted by Gasteiger charge is 2.17. The number of imidazole rings is 1. The molecule has 3 atom stereocenters. The highest BCUT2D eigenvalue weighted by Crippen LogP contribution is 2.27. The van der Waals surface area contributed by atoms with Crippen LogP contribution in [0.2, 0.25) is 0 Å². The quantitative estimate of drug-likeness (QED) is 0.787. The zero-order valence-corrected chi connectivity index (χ0v) is 14.0. The number of rotatable bonds is 5. The highest BCUT2D eigenvalue weighted by atomic mass is 35.5. The molecule has 0 aliphatic rings. The van der Waals surface area contributed by atoms with Gasteiger partial charge in [0.2, 0.25) is 0 Å². The molecule has 3 unspecified atom stereocenters. The van der Waals surface area contributed by atoms with Crippen molar-refractivity contribution in [1.82, 2.24) is 9.55 Å². The number of aromatic nitrogens is 2. The maximum atomic E-state index is 11.5. The van der Waals surface area contributed by atoms with Crippen LogP contribution in [0.15, 0.2) is 18.2 Å². The van der Waals surface area contributed by atoms with E-state index in [0.29, 0.717) is 0 Å². The molecule has 1 aromatic carbocycles. The SMILES string of the molecule is Cc1cccc2nc(C(C)Cl)n(CCC(C)S(C)=O)c12. The van der Waals surface area contributed by atoms with Crippen molar-refractivity contribution >= 4 is 33.4 Å². The molecule has 0 N–H and O–H groups in total. The van der Waals surface area contributed by atoms with Gasteiger partial charge in [0, 0.05) is 28.9 Å². The summed E-state index contributed by atoms with van der Waals surface area (Å²) in [6.45, 7) is 6.85. The molecule has 1 aromatic heterocycles. The normalized spacial score (nSPS) is 16.2. The summed E-state index contributed by atoms with van der Waals surface area (Å²) in [5.41, 5.74) is 3.32. The summed E-state index contributed by atoms with van der Waals surface area (Å²) >= 11 is 6.27. The van der Waals surface area contributed by atoms with Crippen LogP contribution in [0, 0.1) is 6.92 Å². The predicted molar refractivity (Wildman–Crippen MR) is 86.9 cm³/mol. The molecule has 2 aromatic rings. The second-order valence-electron chi connectivity index (χ2n) is 5.28. The lowest BCUT2D eigenvalue weighted by Crippen LogP contribution is -2.14. The number of hydrogen-bond acceptors (Lipinski definition) is 2. The minimum atomic E-state index is -0.795. The van der Waals surface area contributed by atoms with Crippen molar-refractivity contribution in [2.75, 3.05) is 6.26 Å². The summed E-state index contributed by atoms with van der Waals surface area (Å²) in [4.78, 5) is 4.65. The van der Waals surface area contributed by atoms with Gasteiger partial charge in [0.25, 0.3) is 0 Å². The summed E-state index contributed by atoms with van der Waals surface area (Å²) in [5.74, 6) is 0.894. The number of nitrogens with zero attached hydrogens (tertiary/aromatic N) is 2. The average molecular weight is 313 g/mol. The van der Waals surface area contributed by atoms with Crippen LogP contribution in [0.1, 0.15) is 37.0 Å². The molecule has 3 nitrogen and oxygen atoms in total. The molecule has 0 saturated carbocycles. The number of fused-ring (bicyclic) bond motifs is 1. The van der Waals surface area contributed by atoms with Gasteiger partial charge in [-0.15, -0.1) is 11.6 Å². The first kappa shape index (κ1) is 15.5. The van der Waals surface area contributed by atoms with E-state index >= 15 is 0 Å². The zero-order chi connectivity index (χ0) is 14.9. The van der Waals surface area contributed by atoms with E-state index in [0.717, 1.165) is 29.8 Å². The smallest absolute Gasteiger partial charge is 0.127 e.